The maximum absolute atomic E-state index is 13.4. The molecule has 2 fully saturated rings. The lowest BCUT2D eigenvalue weighted by Gasteiger charge is -2.47. The maximum Gasteiger partial charge on any atom is 0.282 e. The molecule has 1 N–H and O–H groups in total. The van der Waals surface area contributed by atoms with Gasteiger partial charge in [-0.25, -0.2) is 19.9 Å². The molecular formula is C24H30N6O2S2. The fourth-order valence-electron chi connectivity index (χ4n) is 6.10. The van der Waals surface area contributed by atoms with Crippen molar-refractivity contribution in [2.75, 3.05) is 11.1 Å². The Kier molecular flexibility index (Phi) is 6.70. The lowest BCUT2D eigenvalue weighted by Crippen LogP contribution is -2.37. The van der Waals surface area contributed by atoms with E-state index in [-0.39, 0.29) is 28.2 Å². The molecule has 2 atom stereocenters. The standard InChI is InChI=1S/C24H30N6O2S2/c1-15-9-16-11-17(10-15)13-24(2,12-16)3-7-30-21(32)19-20(26-5-4-25-19)29-23(30)34-14-18(31)28-22-27-6-8-33-22/h4-6,8,15-17H,3,7,9-14H2,1-2H3,(H,27,28,31). The van der Waals surface area contributed by atoms with Crippen molar-refractivity contribution in [2.45, 2.75) is 64.1 Å². The number of carbonyl (C=O) groups is 1. The minimum atomic E-state index is -0.186. The molecule has 0 aliphatic heterocycles. The van der Waals surface area contributed by atoms with E-state index in [4.69, 9.17) is 0 Å². The minimum Gasteiger partial charge on any atom is -0.301 e. The smallest absolute Gasteiger partial charge is 0.282 e. The molecule has 3 aromatic heterocycles. The van der Waals surface area contributed by atoms with E-state index in [0.29, 0.717) is 22.5 Å². The molecule has 2 aliphatic rings. The molecule has 10 heteroatoms. The number of fused-ring (bicyclic) bond motifs is 3. The first kappa shape index (κ1) is 23.4. The molecule has 34 heavy (non-hydrogen) atoms. The highest BCUT2D eigenvalue weighted by molar-refractivity contribution is 7.99. The number of nitrogens with one attached hydrogen (secondary N) is 1. The van der Waals surface area contributed by atoms with E-state index in [9.17, 15) is 9.59 Å². The van der Waals surface area contributed by atoms with Crippen molar-refractivity contribution in [3.8, 4) is 0 Å². The largest absolute Gasteiger partial charge is 0.301 e. The number of thiazole rings is 1. The van der Waals surface area contributed by atoms with Gasteiger partial charge in [-0.2, -0.15) is 0 Å². The van der Waals surface area contributed by atoms with Crippen LogP contribution in [0.1, 0.15) is 52.4 Å². The summed E-state index contributed by atoms with van der Waals surface area (Å²) in [5, 5.41) is 5.67. The predicted octanol–water partition coefficient (Wildman–Crippen LogP) is 4.62. The molecular weight excluding hydrogens is 468 g/mol. The van der Waals surface area contributed by atoms with Crippen LogP contribution in [0.4, 0.5) is 5.13 Å². The Labute approximate surface area is 207 Å². The molecule has 5 rings (SSSR count). The summed E-state index contributed by atoms with van der Waals surface area (Å²) in [5.74, 6) is 2.39. The van der Waals surface area contributed by atoms with Gasteiger partial charge in [-0.1, -0.05) is 25.6 Å². The van der Waals surface area contributed by atoms with Gasteiger partial charge in [0.15, 0.2) is 21.5 Å². The molecule has 2 saturated carbocycles. The number of aromatic nitrogens is 5. The van der Waals surface area contributed by atoms with Crippen molar-refractivity contribution in [2.24, 2.45) is 23.2 Å². The zero-order valence-corrected chi connectivity index (χ0v) is 21.2. The van der Waals surface area contributed by atoms with Gasteiger partial charge in [0.2, 0.25) is 5.91 Å². The van der Waals surface area contributed by atoms with Crippen LogP contribution in [0.25, 0.3) is 11.2 Å². The van der Waals surface area contributed by atoms with Crippen LogP contribution in [-0.4, -0.2) is 36.2 Å². The first-order chi connectivity index (χ1) is 16.4. The molecule has 3 aromatic rings. The first-order valence-electron chi connectivity index (χ1n) is 11.9. The number of hydrogen-bond donors (Lipinski definition) is 1. The van der Waals surface area contributed by atoms with Crippen LogP contribution >= 0.6 is 23.1 Å². The summed E-state index contributed by atoms with van der Waals surface area (Å²) in [6, 6.07) is 0. The van der Waals surface area contributed by atoms with E-state index in [1.54, 1.807) is 10.8 Å². The van der Waals surface area contributed by atoms with Crippen LogP contribution in [0.5, 0.6) is 0 Å². The highest BCUT2D eigenvalue weighted by Crippen LogP contribution is 2.51. The Bertz CT molecular complexity index is 1210. The zero-order chi connectivity index (χ0) is 23.7. The van der Waals surface area contributed by atoms with Crippen molar-refractivity contribution in [1.82, 2.24) is 24.5 Å². The quantitative estimate of drug-likeness (QED) is 0.375. The number of carbonyl (C=O) groups excluding carboxylic acids is 1. The Morgan fingerprint density at radius 3 is 2.68 bits per heavy atom. The van der Waals surface area contributed by atoms with E-state index in [2.05, 4.69) is 39.1 Å². The van der Waals surface area contributed by atoms with Gasteiger partial charge in [0, 0.05) is 30.5 Å². The van der Waals surface area contributed by atoms with Crippen LogP contribution in [0, 0.1) is 23.2 Å². The topological polar surface area (TPSA) is 103 Å². The Morgan fingerprint density at radius 2 is 1.94 bits per heavy atom. The third-order valence-corrected chi connectivity index (χ3v) is 8.88. The molecule has 180 valence electrons. The number of amides is 1. The van der Waals surface area contributed by atoms with E-state index in [1.807, 2.05) is 5.38 Å². The molecule has 0 spiro atoms. The minimum absolute atomic E-state index is 0.136. The lowest BCUT2D eigenvalue weighted by molar-refractivity contribution is -0.113. The first-order valence-corrected chi connectivity index (χ1v) is 13.8. The number of hydrogen-bond acceptors (Lipinski definition) is 8. The van der Waals surface area contributed by atoms with Gasteiger partial charge >= 0.3 is 0 Å². The fraction of sp³-hybridized carbons (Fsp3) is 0.583. The summed E-state index contributed by atoms with van der Waals surface area (Å²) in [6.07, 6.45) is 12.1. The van der Waals surface area contributed by atoms with Crippen LogP contribution < -0.4 is 10.9 Å². The normalized spacial score (nSPS) is 26.5. The third kappa shape index (κ3) is 5.17. The van der Waals surface area contributed by atoms with Crippen molar-refractivity contribution in [3.63, 3.8) is 0 Å². The van der Waals surface area contributed by atoms with Gasteiger partial charge in [-0.05, 0) is 61.7 Å². The Hall–Kier alpha value is -2.33. The summed E-state index contributed by atoms with van der Waals surface area (Å²) in [4.78, 5) is 43.0. The lowest BCUT2D eigenvalue weighted by atomic mass is 9.58. The average Bonchev–Trinajstić information content (AvgIpc) is 3.29. The fourth-order valence-corrected chi connectivity index (χ4v) is 7.46. The number of nitrogens with zero attached hydrogens (tertiary/aromatic N) is 5. The molecule has 0 radical (unpaired) electrons. The van der Waals surface area contributed by atoms with Crippen molar-refractivity contribution in [1.29, 1.82) is 0 Å². The van der Waals surface area contributed by atoms with Gasteiger partial charge in [0.25, 0.3) is 5.56 Å². The zero-order valence-electron chi connectivity index (χ0n) is 19.6. The number of thioether (sulfide) groups is 1. The molecule has 8 nitrogen and oxygen atoms in total. The van der Waals surface area contributed by atoms with Crippen LogP contribution in [0.2, 0.25) is 0 Å². The van der Waals surface area contributed by atoms with E-state index in [1.165, 1.54) is 67.6 Å². The van der Waals surface area contributed by atoms with Crippen molar-refractivity contribution >= 4 is 45.3 Å². The van der Waals surface area contributed by atoms with E-state index >= 15 is 0 Å². The molecule has 2 unspecified atom stereocenters. The summed E-state index contributed by atoms with van der Waals surface area (Å²) in [6.45, 7) is 5.34. The van der Waals surface area contributed by atoms with Gasteiger partial charge in [-0.15, -0.1) is 11.3 Å². The van der Waals surface area contributed by atoms with E-state index in [0.717, 1.165) is 24.2 Å². The number of rotatable bonds is 7. The Balaban J connectivity index is 1.35. The second-order valence-corrected chi connectivity index (χ2v) is 12.1. The van der Waals surface area contributed by atoms with Gasteiger partial charge in [0.1, 0.15) is 0 Å². The van der Waals surface area contributed by atoms with Crippen LogP contribution in [0.3, 0.4) is 0 Å². The maximum atomic E-state index is 13.4. The third-order valence-electron chi connectivity index (χ3n) is 7.21. The molecule has 2 bridgehead atoms. The molecule has 0 aromatic carbocycles. The summed E-state index contributed by atoms with van der Waals surface area (Å²) >= 11 is 2.63. The van der Waals surface area contributed by atoms with Gasteiger partial charge in [-0.3, -0.25) is 14.2 Å². The van der Waals surface area contributed by atoms with Gasteiger partial charge < -0.3 is 5.32 Å². The molecule has 1 amide bonds. The summed E-state index contributed by atoms with van der Waals surface area (Å²) < 4.78 is 1.70. The second kappa shape index (κ2) is 9.73. The number of anilines is 1. The van der Waals surface area contributed by atoms with Crippen molar-refractivity contribution < 1.29 is 4.79 Å². The average molecular weight is 499 g/mol. The summed E-state index contributed by atoms with van der Waals surface area (Å²) in [5.41, 5.74) is 0.626. The van der Waals surface area contributed by atoms with Gasteiger partial charge in [0.05, 0.1) is 5.75 Å². The SMILES string of the molecule is CC1CC2CC(C1)CC(C)(CCn1c(SCC(=O)Nc3nccs3)nc3nccnc3c1=O)C2. The molecule has 2 aliphatic carbocycles. The molecule has 3 heterocycles. The van der Waals surface area contributed by atoms with Crippen LogP contribution in [-0.2, 0) is 11.3 Å². The van der Waals surface area contributed by atoms with Crippen LogP contribution in [0.15, 0.2) is 33.9 Å². The highest BCUT2D eigenvalue weighted by Gasteiger charge is 2.40. The van der Waals surface area contributed by atoms with Crippen molar-refractivity contribution in [3.05, 3.63) is 34.3 Å². The Morgan fingerprint density at radius 1 is 1.18 bits per heavy atom. The predicted molar refractivity (Wildman–Crippen MR) is 135 cm³/mol. The monoisotopic (exact) mass is 498 g/mol. The highest BCUT2D eigenvalue weighted by atomic mass is 32.2. The summed E-state index contributed by atoms with van der Waals surface area (Å²) in [7, 11) is 0. The van der Waals surface area contributed by atoms with E-state index < -0.39 is 0 Å². The second-order valence-electron chi connectivity index (χ2n) is 10.3. The molecule has 0 saturated heterocycles.